The molecule has 0 radical (unpaired) electrons. The molecule has 2 rings (SSSR count). The number of ether oxygens (including phenoxy) is 1. The minimum Gasteiger partial charge on any atom is -0.422 e. The molecule has 1 heterocycles. The highest BCUT2D eigenvalue weighted by Gasteiger charge is 2.13. The molecule has 0 spiro atoms. The number of hydrogen-bond acceptors (Lipinski definition) is 4. The van der Waals surface area contributed by atoms with E-state index in [4.69, 9.17) is 10.5 Å². The normalized spacial score (nSPS) is 9.87. The molecule has 5 nitrogen and oxygen atoms in total. The van der Waals surface area contributed by atoms with E-state index in [-0.39, 0.29) is 11.4 Å². The smallest absolute Gasteiger partial charge is 0.363 e. The summed E-state index contributed by atoms with van der Waals surface area (Å²) in [6.07, 6.45) is 1.36. The van der Waals surface area contributed by atoms with Gasteiger partial charge in [0.05, 0.1) is 11.9 Å². The highest BCUT2D eigenvalue weighted by atomic mass is 16.5. The first-order valence-electron chi connectivity index (χ1n) is 4.33. The molecule has 1 aromatic heterocycles. The van der Waals surface area contributed by atoms with E-state index in [1.54, 1.807) is 24.3 Å². The highest BCUT2D eigenvalue weighted by Crippen LogP contribution is 2.13. The van der Waals surface area contributed by atoms with E-state index >= 15 is 0 Å². The van der Waals surface area contributed by atoms with Crippen LogP contribution in [0.1, 0.15) is 10.5 Å². The Morgan fingerprint density at radius 2 is 2.07 bits per heavy atom. The fraction of sp³-hybridized carbons (Fsp3) is 0. The number of aromatic amines is 1. The average Bonchev–Trinajstić information content (AvgIpc) is 2.66. The second kappa shape index (κ2) is 3.83. The Balaban J connectivity index is 2.15. The van der Waals surface area contributed by atoms with E-state index in [0.717, 1.165) is 0 Å². The molecule has 0 saturated heterocycles. The third-order valence-electron chi connectivity index (χ3n) is 1.83. The number of nitrogens with one attached hydrogen (secondary N) is 1. The maximum Gasteiger partial charge on any atom is 0.363 e. The van der Waals surface area contributed by atoms with Gasteiger partial charge in [0.15, 0.2) is 5.69 Å². The van der Waals surface area contributed by atoms with Crippen LogP contribution in [0.5, 0.6) is 5.75 Å². The molecule has 0 unspecified atom stereocenters. The lowest BCUT2D eigenvalue weighted by Gasteiger charge is -2.01. The molecule has 15 heavy (non-hydrogen) atoms. The molecule has 76 valence electrons. The van der Waals surface area contributed by atoms with E-state index in [2.05, 4.69) is 10.2 Å². The zero-order valence-corrected chi connectivity index (χ0v) is 7.81. The molecule has 2 aromatic rings. The van der Waals surface area contributed by atoms with Gasteiger partial charge in [0.25, 0.3) is 0 Å². The zero-order chi connectivity index (χ0) is 10.7. The van der Waals surface area contributed by atoms with Crippen molar-refractivity contribution in [2.75, 3.05) is 5.73 Å². The highest BCUT2D eigenvalue weighted by molar-refractivity contribution is 5.94. The largest absolute Gasteiger partial charge is 0.422 e. The number of rotatable bonds is 2. The third kappa shape index (κ3) is 1.96. The number of anilines is 1. The summed E-state index contributed by atoms with van der Waals surface area (Å²) in [7, 11) is 0. The van der Waals surface area contributed by atoms with Gasteiger partial charge in [0.2, 0.25) is 0 Å². The number of nitrogens with zero attached hydrogens (tertiary/aromatic N) is 1. The van der Waals surface area contributed by atoms with Gasteiger partial charge in [-0.2, -0.15) is 5.10 Å². The monoisotopic (exact) mass is 203 g/mol. The number of nitrogens with two attached hydrogens (primary N) is 1. The molecular weight excluding hydrogens is 194 g/mol. The standard InChI is InChI=1S/C10H9N3O2/c11-8-6-12-13-9(8)10(14)15-7-4-2-1-3-5-7/h1-6H,11H2,(H,12,13). The Labute approximate surface area is 85.9 Å². The van der Waals surface area contributed by atoms with E-state index in [9.17, 15) is 4.79 Å². The summed E-state index contributed by atoms with van der Waals surface area (Å²) in [6.45, 7) is 0. The van der Waals surface area contributed by atoms with Gasteiger partial charge in [-0.15, -0.1) is 0 Å². The number of H-pyrrole nitrogens is 1. The summed E-state index contributed by atoms with van der Waals surface area (Å²) in [4.78, 5) is 11.5. The van der Waals surface area contributed by atoms with Crippen LogP contribution < -0.4 is 10.5 Å². The van der Waals surface area contributed by atoms with Gasteiger partial charge in [-0.05, 0) is 12.1 Å². The van der Waals surface area contributed by atoms with Crippen molar-refractivity contribution < 1.29 is 9.53 Å². The van der Waals surface area contributed by atoms with Crippen LogP contribution >= 0.6 is 0 Å². The van der Waals surface area contributed by atoms with Crippen molar-refractivity contribution in [2.45, 2.75) is 0 Å². The fourth-order valence-corrected chi connectivity index (χ4v) is 1.11. The van der Waals surface area contributed by atoms with Crippen molar-refractivity contribution in [2.24, 2.45) is 0 Å². The summed E-state index contributed by atoms with van der Waals surface area (Å²) < 4.78 is 5.05. The molecule has 0 bridgehead atoms. The molecule has 5 heteroatoms. The lowest BCUT2D eigenvalue weighted by Crippen LogP contribution is -2.11. The van der Waals surface area contributed by atoms with E-state index in [1.165, 1.54) is 6.20 Å². The number of benzene rings is 1. The number of aromatic nitrogens is 2. The predicted molar refractivity (Wildman–Crippen MR) is 54.4 cm³/mol. The Kier molecular flexibility index (Phi) is 2.37. The number of para-hydroxylation sites is 1. The van der Waals surface area contributed by atoms with Gasteiger partial charge in [-0.1, -0.05) is 18.2 Å². The first-order chi connectivity index (χ1) is 7.27. The second-order valence-corrected chi connectivity index (χ2v) is 2.90. The maximum atomic E-state index is 11.5. The van der Waals surface area contributed by atoms with Crippen LogP contribution in [-0.4, -0.2) is 16.2 Å². The number of hydrogen-bond donors (Lipinski definition) is 2. The topological polar surface area (TPSA) is 81.0 Å². The van der Waals surface area contributed by atoms with Crippen LogP contribution in [0.4, 0.5) is 5.69 Å². The molecule has 0 aliphatic rings. The van der Waals surface area contributed by atoms with Crippen molar-refractivity contribution in [1.82, 2.24) is 10.2 Å². The molecule has 0 amide bonds. The lowest BCUT2D eigenvalue weighted by molar-refractivity contribution is 0.0729. The summed E-state index contributed by atoms with van der Waals surface area (Å²) in [5.41, 5.74) is 5.94. The summed E-state index contributed by atoms with van der Waals surface area (Å²) >= 11 is 0. The van der Waals surface area contributed by atoms with Crippen LogP contribution in [0.3, 0.4) is 0 Å². The number of nitrogen functional groups attached to an aromatic ring is 1. The first kappa shape index (κ1) is 9.26. The quantitative estimate of drug-likeness (QED) is 0.567. The Bertz CT molecular complexity index is 465. The molecule has 0 aliphatic heterocycles. The summed E-state index contributed by atoms with van der Waals surface area (Å²) in [5.74, 6) is -0.0762. The Morgan fingerprint density at radius 1 is 1.33 bits per heavy atom. The van der Waals surface area contributed by atoms with Gasteiger partial charge in [0, 0.05) is 0 Å². The van der Waals surface area contributed by atoms with Crippen LogP contribution in [-0.2, 0) is 0 Å². The number of esters is 1. The second-order valence-electron chi connectivity index (χ2n) is 2.90. The molecule has 3 N–H and O–H groups in total. The SMILES string of the molecule is Nc1cn[nH]c1C(=O)Oc1ccccc1. The van der Waals surface area contributed by atoms with Crippen LogP contribution in [0.15, 0.2) is 36.5 Å². The summed E-state index contributed by atoms with van der Waals surface area (Å²) in [6, 6.07) is 8.76. The predicted octanol–water partition coefficient (Wildman–Crippen LogP) is 1.21. The molecule has 0 atom stereocenters. The van der Waals surface area contributed by atoms with Crippen molar-refractivity contribution in [3.05, 3.63) is 42.2 Å². The van der Waals surface area contributed by atoms with Crippen molar-refractivity contribution in [3.8, 4) is 5.75 Å². The van der Waals surface area contributed by atoms with Gasteiger partial charge in [-0.3, -0.25) is 5.10 Å². The minimum atomic E-state index is -0.545. The molecule has 0 aliphatic carbocycles. The van der Waals surface area contributed by atoms with E-state index < -0.39 is 5.97 Å². The zero-order valence-electron chi connectivity index (χ0n) is 7.81. The molecule has 0 fully saturated rings. The Hall–Kier alpha value is -2.30. The van der Waals surface area contributed by atoms with Crippen molar-refractivity contribution in [3.63, 3.8) is 0 Å². The molecular formula is C10H9N3O2. The third-order valence-corrected chi connectivity index (χ3v) is 1.83. The molecule has 1 aromatic carbocycles. The van der Waals surface area contributed by atoms with Crippen molar-refractivity contribution in [1.29, 1.82) is 0 Å². The van der Waals surface area contributed by atoms with Crippen LogP contribution in [0.25, 0.3) is 0 Å². The lowest BCUT2D eigenvalue weighted by atomic mass is 10.3. The van der Waals surface area contributed by atoms with Gasteiger partial charge in [0.1, 0.15) is 5.75 Å². The first-order valence-corrected chi connectivity index (χ1v) is 4.33. The van der Waals surface area contributed by atoms with Crippen molar-refractivity contribution >= 4 is 11.7 Å². The number of carbonyl (C=O) groups excluding carboxylic acids is 1. The fourth-order valence-electron chi connectivity index (χ4n) is 1.11. The van der Waals surface area contributed by atoms with E-state index in [0.29, 0.717) is 5.75 Å². The van der Waals surface area contributed by atoms with Gasteiger partial charge < -0.3 is 10.5 Å². The maximum absolute atomic E-state index is 11.5. The minimum absolute atomic E-state index is 0.166. The van der Waals surface area contributed by atoms with Crippen LogP contribution in [0, 0.1) is 0 Å². The average molecular weight is 203 g/mol. The Morgan fingerprint density at radius 3 is 2.67 bits per heavy atom. The summed E-state index contributed by atoms with van der Waals surface area (Å²) in [5, 5.41) is 6.11. The van der Waals surface area contributed by atoms with E-state index in [1.807, 2.05) is 6.07 Å². The molecule has 0 saturated carbocycles. The van der Waals surface area contributed by atoms with Gasteiger partial charge in [-0.25, -0.2) is 4.79 Å². The van der Waals surface area contributed by atoms with Crippen LogP contribution in [0.2, 0.25) is 0 Å². The van der Waals surface area contributed by atoms with Gasteiger partial charge >= 0.3 is 5.97 Å². The number of carbonyl (C=O) groups is 1.